The second kappa shape index (κ2) is 8.29. The van der Waals surface area contributed by atoms with Gasteiger partial charge >= 0.3 is 6.03 Å². The number of aromatic amines is 1. The Balaban J connectivity index is 1.44. The lowest BCUT2D eigenvalue weighted by molar-refractivity contribution is -0.914. The van der Waals surface area contributed by atoms with Gasteiger partial charge in [-0.15, -0.1) is 0 Å². The second-order valence-corrected chi connectivity index (χ2v) is 7.06. The molecule has 0 aromatic carbocycles. The Hall–Kier alpha value is -2.15. The molecule has 3 rings (SSSR count). The van der Waals surface area contributed by atoms with Crippen molar-refractivity contribution in [3.8, 4) is 0 Å². The van der Waals surface area contributed by atoms with Crippen molar-refractivity contribution in [1.29, 1.82) is 0 Å². The Kier molecular flexibility index (Phi) is 5.86. The molecule has 1 aliphatic heterocycles. The summed E-state index contributed by atoms with van der Waals surface area (Å²) in [6.07, 6.45) is 6.26. The van der Waals surface area contributed by atoms with Crippen LogP contribution in [0.3, 0.4) is 0 Å². The number of piperazine rings is 1. The minimum atomic E-state index is -0.347. The van der Waals surface area contributed by atoms with Crippen LogP contribution in [0.2, 0.25) is 0 Å². The first-order valence-corrected chi connectivity index (χ1v) is 9.31. The number of carbonyl (C=O) groups is 2. The monoisotopic (exact) mass is 347 g/mol. The summed E-state index contributed by atoms with van der Waals surface area (Å²) in [5.74, 6) is 0.916. The minimum absolute atomic E-state index is 0.190. The van der Waals surface area contributed by atoms with Gasteiger partial charge < -0.3 is 10.2 Å². The summed E-state index contributed by atoms with van der Waals surface area (Å²) in [6, 6.07) is 5.70. The van der Waals surface area contributed by atoms with Crippen LogP contribution in [0.15, 0.2) is 24.4 Å². The zero-order chi connectivity index (χ0) is 17.6. The van der Waals surface area contributed by atoms with E-state index in [0.29, 0.717) is 0 Å². The van der Waals surface area contributed by atoms with Gasteiger partial charge in [-0.3, -0.25) is 15.0 Å². The van der Waals surface area contributed by atoms with Crippen molar-refractivity contribution in [3.63, 3.8) is 0 Å². The molecule has 1 aliphatic carbocycles. The SMILES string of the molecule is C[C@H](C(=O)NC(=O)NC1CCCC1)[NH+]1CCN(c2cccc[nH+]2)CC1. The molecular formula is C18H29N5O2+2. The van der Waals surface area contributed by atoms with Gasteiger partial charge in [-0.2, -0.15) is 0 Å². The molecular weight excluding hydrogens is 318 g/mol. The van der Waals surface area contributed by atoms with Gasteiger partial charge in [0, 0.05) is 12.1 Å². The number of nitrogens with one attached hydrogen (secondary N) is 4. The number of urea groups is 1. The van der Waals surface area contributed by atoms with Gasteiger partial charge in [-0.1, -0.05) is 18.9 Å². The number of rotatable bonds is 4. The Morgan fingerprint density at radius 3 is 2.60 bits per heavy atom. The molecule has 0 radical (unpaired) electrons. The third-order valence-corrected chi connectivity index (χ3v) is 5.37. The van der Waals surface area contributed by atoms with E-state index in [1.807, 2.05) is 25.3 Å². The van der Waals surface area contributed by atoms with Crippen LogP contribution < -0.4 is 25.4 Å². The number of H-pyrrole nitrogens is 1. The Labute approximate surface area is 148 Å². The molecule has 0 unspecified atom stereocenters. The average molecular weight is 347 g/mol. The van der Waals surface area contributed by atoms with Crippen LogP contribution in [-0.2, 0) is 4.79 Å². The summed E-state index contributed by atoms with van der Waals surface area (Å²) in [5, 5.41) is 5.42. The van der Waals surface area contributed by atoms with Crippen LogP contribution in [-0.4, -0.2) is 50.2 Å². The number of pyridine rings is 1. The van der Waals surface area contributed by atoms with Gasteiger partial charge in [0.05, 0.1) is 6.20 Å². The van der Waals surface area contributed by atoms with Crippen molar-refractivity contribution in [2.75, 3.05) is 31.1 Å². The van der Waals surface area contributed by atoms with E-state index in [0.717, 1.165) is 57.7 Å². The molecule has 1 atom stereocenters. The second-order valence-electron chi connectivity index (χ2n) is 7.06. The van der Waals surface area contributed by atoms with Crippen molar-refractivity contribution in [1.82, 2.24) is 10.6 Å². The summed E-state index contributed by atoms with van der Waals surface area (Å²) < 4.78 is 0. The minimum Gasteiger partial charge on any atom is -0.335 e. The molecule has 1 saturated heterocycles. The van der Waals surface area contributed by atoms with Gasteiger partial charge in [0.25, 0.3) is 11.7 Å². The van der Waals surface area contributed by atoms with Gasteiger partial charge in [-0.05, 0) is 25.8 Å². The number of quaternary nitrogens is 1. The third kappa shape index (κ3) is 4.69. The molecule has 136 valence electrons. The van der Waals surface area contributed by atoms with E-state index >= 15 is 0 Å². The molecule has 0 spiro atoms. The number of hydrogen-bond acceptors (Lipinski definition) is 3. The van der Waals surface area contributed by atoms with Crippen molar-refractivity contribution in [2.45, 2.75) is 44.7 Å². The molecule has 2 heterocycles. The lowest BCUT2D eigenvalue weighted by Crippen LogP contribution is -3.19. The van der Waals surface area contributed by atoms with E-state index in [4.69, 9.17) is 0 Å². The quantitative estimate of drug-likeness (QED) is 0.678. The topological polar surface area (TPSA) is 80.0 Å². The summed E-state index contributed by atoms with van der Waals surface area (Å²) in [4.78, 5) is 31.1. The maximum atomic E-state index is 12.4. The first-order chi connectivity index (χ1) is 12.1. The summed E-state index contributed by atoms with van der Waals surface area (Å²) in [5.41, 5.74) is 0. The highest BCUT2D eigenvalue weighted by molar-refractivity contribution is 5.96. The van der Waals surface area contributed by atoms with Crippen LogP contribution in [0.5, 0.6) is 0 Å². The molecule has 1 aromatic heterocycles. The Morgan fingerprint density at radius 2 is 1.96 bits per heavy atom. The van der Waals surface area contributed by atoms with E-state index in [1.165, 1.54) is 4.90 Å². The van der Waals surface area contributed by atoms with Crippen molar-refractivity contribution >= 4 is 17.8 Å². The van der Waals surface area contributed by atoms with E-state index in [2.05, 4.69) is 26.6 Å². The molecule has 7 heteroatoms. The van der Waals surface area contributed by atoms with Crippen LogP contribution in [0.25, 0.3) is 0 Å². The van der Waals surface area contributed by atoms with E-state index in [9.17, 15) is 9.59 Å². The van der Waals surface area contributed by atoms with E-state index in [-0.39, 0.29) is 24.0 Å². The van der Waals surface area contributed by atoms with Crippen LogP contribution >= 0.6 is 0 Å². The van der Waals surface area contributed by atoms with Crippen LogP contribution in [0.1, 0.15) is 32.6 Å². The predicted molar refractivity (Wildman–Crippen MR) is 94.3 cm³/mol. The molecule has 0 bridgehead atoms. The van der Waals surface area contributed by atoms with Crippen molar-refractivity contribution < 1.29 is 19.5 Å². The smallest absolute Gasteiger partial charge is 0.321 e. The molecule has 25 heavy (non-hydrogen) atoms. The van der Waals surface area contributed by atoms with Gasteiger partial charge in [0.2, 0.25) is 0 Å². The van der Waals surface area contributed by atoms with Crippen LogP contribution in [0.4, 0.5) is 10.6 Å². The van der Waals surface area contributed by atoms with Crippen LogP contribution in [0, 0.1) is 0 Å². The molecule has 4 N–H and O–H groups in total. The van der Waals surface area contributed by atoms with E-state index < -0.39 is 0 Å². The average Bonchev–Trinajstić information content (AvgIpc) is 3.14. The Bertz CT molecular complexity index is 580. The fraction of sp³-hybridized carbons (Fsp3) is 0.611. The molecule has 1 saturated carbocycles. The van der Waals surface area contributed by atoms with E-state index in [1.54, 1.807) is 0 Å². The predicted octanol–water partition coefficient (Wildman–Crippen LogP) is -0.637. The van der Waals surface area contributed by atoms with Gasteiger partial charge in [-0.25, -0.2) is 9.78 Å². The number of amides is 3. The third-order valence-electron chi connectivity index (χ3n) is 5.37. The molecule has 7 nitrogen and oxygen atoms in total. The van der Waals surface area contributed by atoms with Crippen molar-refractivity contribution in [2.24, 2.45) is 0 Å². The molecule has 2 aliphatic rings. The maximum Gasteiger partial charge on any atom is 0.321 e. The number of hydrogen-bond donors (Lipinski definition) is 3. The summed E-state index contributed by atoms with van der Waals surface area (Å²) in [7, 11) is 0. The van der Waals surface area contributed by atoms with Gasteiger partial charge in [0.15, 0.2) is 6.04 Å². The lowest BCUT2D eigenvalue weighted by Gasteiger charge is -2.31. The molecule has 3 amide bonds. The highest BCUT2D eigenvalue weighted by Gasteiger charge is 2.33. The number of aromatic nitrogens is 1. The molecule has 1 aromatic rings. The highest BCUT2D eigenvalue weighted by atomic mass is 16.2. The molecule has 2 fully saturated rings. The van der Waals surface area contributed by atoms with Gasteiger partial charge in [0.1, 0.15) is 26.2 Å². The maximum absolute atomic E-state index is 12.4. The number of imide groups is 1. The highest BCUT2D eigenvalue weighted by Crippen LogP contribution is 2.17. The number of anilines is 1. The zero-order valence-electron chi connectivity index (χ0n) is 14.9. The lowest BCUT2D eigenvalue weighted by atomic mass is 10.2. The summed E-state index contributed by atoms with van der Waals surface area (Å²) in [6.45, 7) is 5.43. The fourth-order valence-electron chi connectivity index (χ4n) is 3.75. The largest absolute Gasteiger partial charge is 0.335 e. The number of nitrogens with zero attached hydrogens (tertiary/aromatic N) is 1. The Morgan fingerprint density at radius 1 is 1.24 bits per heavy atom. The standard InChI is InChI=1S/C18H27N5O2/c1-14(17(24)21-18(25)20-15-6-2-3-7-15)22-10-12-23(13-11-22)16-8-4-5-9-19-16/h4-5,8-9,14-15H,2-3,6-7,10-13H2,1H3,(H2,20,21,24,25)/p+2/t14-/m1/s1. The fourth-order valence-corrected chi connectivity index (χ4v) is 3.75. The summed E-state index contributed by atoms with van der Waals surface area (Å²) >= 11 is 0. The zero-order valence-corrected chi connectivity index (χ0v) is 14.9. The normalized spacial score (nSPS) is 20.3. The first kappa shape index (κ1) is 17.7. The number of carbonyl (C=O) groups excluding carboxylic acids is 2. The first-order valence-electron chi connectivity index (χ1n) is 9.31. The van der Waals surface area contributed by atoms with Crippen molar-refractivity contribution in [3.05, 3.63) is 24.4 Å².